The first-order valence-electron chi connectivity index (χ1n) is 4.79. The van der Waals surface area contributed by atoms with Crippen LogP contribution >= 0.6 is 0 Å². The average molecular weight is 203 g/mol. The van der Waals surface area contributed by atoms with Gasteiger partial charge in [0.15, 0.2) is 0 Å². The summed E-state index contributed by atoms with van der Waals surface area (Å²) in [6, 6.07) is 7.18. The van der Waals surface area contributed by atoms with E-state index in [-0.39, 0.29) is 0 Å². The molecule has 0 aliphatic heterocycles. The molecule has 0 spiro atoms. The zero-order chi connectivity index (χ0) is 11.1. The molecule has 1 aromatic heterocycles. The highest BCUT2D eigenvalue weighted by molar-refractivity contribution is 5.86. The molecule has 78 valence electrons. The summed E-state index contributed by atoms with van der Waals surface area (Å²) < 4.78 is 5.59. The summed E-state index contributed by atoms with van der Waals surface area (Å²) in [5.41, 5.74) is 6.83. The SMILES string of the molecule is CC(C)(N)c1cc2cc(C=O)ccc2o1. The van der Waals surface area contributed by atoms with Crippen molar-refractivity contribution in [1.82, 2.24) is 0 Å². The Hall–Kier alpha value is -1.61. The van der Waals surface area contributed by atoms with Crippen molar-refractivity contribution in [2.24, 2.45) is 5.73 Å². The first kappa shape index (κ1) is 9.93. The van der Waals surface area contributed by atoms with Crippen molar-refractivity contribution in [2.75, 3.05) is 0 Å². The molecule has 0 unspecified atom stereocenters. The van der Waals surface area contributed by atoms with E-state index < -0.39 is 5.54 Å². The van der Waals surface area contributed by atoms with E-state index in [4.69, 9.17) is 10.2 Å². The van der Waals surface area contributed by atoms with Crippen molar-refractivity contribution in [3.8, 4) is 0 Å². The lowest BCUT2D eigenvalue weighted by Gasteiger charge is -2.13. The lowest BCUT2D eigenvalue weighted by molar-refractivity contribution is 0.112. The molecule has 0 atom stereocenters. The van der Waals surface area contributed by atoms with Gasteiger partial charge in [-0.1, -0.05) is 0 Å². The van der Waals surface area contributed by atoms with Gasteiger partial charge in [-0.15, -0.1) is 0 Å². The molecule has 0 aliphatic rings. The van der Waals surface area contributed by atoms with Crippen molar-refractivity contribution in [3.05, 3.63) is 35.6 Å². The van der Waals surface area contributed by atoms with Crippen LogP contribution in [0.2, 0.25) is 0 Å². The van der Waals surface area contributed by atoms with E-state index in [1.807, 2.05) is 19.9 Å². The normalized spacial score (nSPS) is 11.9. The highest BCUT2D eigenvalue weighted by Crippen LogP contribution is 2.26. The van der Waals surface area contributed by atoms with E-state index in [0.717, 1.165) is 23.0 Å². The molecule has 3 nitrogen and oxygen atoms in total. The van der Waals surface area contributed by atoms with Crippen molar-refractivity contribution in [1.29, 1.82) is 0 Å². The molecule has 0 saturated carbocycles. The zero-order valence-electron chi connectivity index (χ0n) is 8.78. The largest absolute Gasteiger partial charge is 0.459 e. The van der Waals surface area contributed by atoms with E-state index in [1.54, 1.807) is 18.2 Å². The average Bonchev–Trinajstić information content (AvgIpc) is 2.59. The van der Waals surface area contributed by atoms with E-state index >= 15 is 0 Å². The fourth-order valence-corrected chi connectivity index (χ4v) is 1.45. The molecule has 0 bridgehead atoms. The highest BCUT2D eigenvalue weighted by Gasteiger charge is 2.19. The van der Waals surface area contributed by atoms with Crippen LogP contribution in [0.5, 0.6) is 0 Å². The van der Waals surface area contributed by atoms with Gasteiger partial charge in [0, 0.05) is 10.9 Å². The molecule has 1 aromatic carbocycles. The van der Waals surface area contributed by atoms with Crippen molar-refractivity contribution < 1.29 is 9.21 Å². The van der Waals surface area contributed by atoms with Crippen LogP contribution in [0.4, 0.5) is 0 Å². The molecule has 0 saturated heterocycles. The summed E-state index contributed by atoms with van der Waals surface area (Å²) in [4.78, 5) is 10.6. The van der Waals surface area contributed by atoms with Gasteiger partial charge in [-0.3, -0.25) is 4.79 Å². The van der Waals surface area contributed by atoms with E-state index in [0.29, 0.717) is 5.56 Å². The molecule has 3 heteroatoms. The third kappa shape index (κ3) is 1.78. The minimum Gasteiger partial charge on any atom is -0.459 e. The number of fused-ring (bicyclic) bond motifs is 1. The summed E-state index contributed by atoms with van der Waals surface area (Å²) in [5, 5.41) is 0.910. The van der Waals surface area contributed by atoms with Gasteiger partial charge in [-0.05, 0) is 38.1 Å². The topological polar surface area (TPSA) is 56.2 Å². The predicted molar refractivity (Wildman–Crippen MR) is 58.8 cm³/mol. The number of nitrogens with two attached hydrogens (primary N) is 1. The fourth-order valence-electron chi connectivity index (χ4n) is 1.45. The number of carbonyl (C=O) groups is 1. The zero-order valence-corrected chi connectivity index (χ0v) is 8.78. The molecule has 2 rings (SSSR count). The third-order valence-electron chi connectivity index (χ3n) is 2.31. The van der Waals surface area contributed by atoms with Crippen molar-refractivity contribution in [3.63, 3.8) is 0 Å². The lowest BCUT2D eigenvalue weighted by atomic mass is 10.0. The molecule has 0 fully saturated rings. The van der Waals surface area contributed by atoms with Crippen molar-refractivity contribution >= 4 is 17.3 Å². The number of rotatable bonds is 2. The first-order valence-corrected chi connectivity index (χ1v) is 4.79. The van der Waals surface area contributed by atoms with Gasteiger partial charge in [0.25, 0.3) is 0 Å². The summed E-state index contributed by atoms with van der Waals surface area (Å²) in [7, 11) is 0. The molecule has 2 aromatic rings. The fraction of sp³-hybridized carbons (Fsp3) is 0.250. The van der Waals surface area contributed by atoms with Crippen molar-refractivity contribution in [2.45, 2.75) is 19.4 Å². The Kier molecular flexibility index (Phi) is 2.12. The maximum atomic E-state index is 10.6. The number of carbonyl (C=O) groups excluding carboxylic acids is 1. The van der Waals surface area contributed by atoms with Crippen LogP contribution in [0.3, 0.4) is 0 Å². The smallest absolute Gasteiger partial charge is 0.150 e. The quantitative estimate of drug-likeness (QED) is 0.762. The van der Waals surface area contributed by atoms with Crippen LogP contribution in [0.25, 0.3) is 11.0 Å². The molecular weight excluding hydrogens is 190 g/mol. The molecule has 0 aliphatic carbocycles. The third-order valence-corrected chi connectivity index (χ3v) is 2.31. The van der Waals surface area contributed by atoms with Gasteiger partial charge in [-0.25, -0.2) is 0 Å². The number of hydrogen-bond donors (Lipinski definition) is 1. The number of benzene rings is 1. The maximum absolute atomic E-state index is 10.6. The van der Waals surface area contributed by atoms with Gasteiger partial charge in [0.1, 0.15) is 17.6 Å². The highest BCUT2D eigenvalue weighted by atomic mass is 16.3. The minimum atomic E-state index is -0.500. The Bertz CT molecular complexity index is 506. The van der Waals surface area contributed by atoms with E-state index in [2.05, 4.69) is 0 Å². The Balaban J connectivity index is 2.61. The van der Waals surface area contributed by atoms with Gasteiger partial charge in [-0.2, -0.15) is 0 Å². The summed E-state index contributed by atoms with van der Waals surface area (Å²) in [6.45, 7) is 3.76. The van der Waals surface area contributed by atoms with Crippen LogP contribution in [0.15, 0.2) is 28.7 Å². The van der Waals surface area contributed by atoms with E-state index in [9.17, 15) is 4.79 Å². The molecular formula is C12H13NO2. The Morgan fingerprint density at radius 3 is 2.67 bits per heavy atom. The second-order valence-electron chi connectivity index (χ2n) is 4.25. The predicted octanol–water partition coefficient (Wildman–Crippen LogP) is 2.44. The van der Waals surface area contributed by atoms with Gasteiger partial charge < -0.3 is 10.2 Å². The number of aldehydes is 1. The Morgan fingerprint density at radius 2 is 2.07 bits per heavy atom. The minimum absolute atomic E-state index is 0.500. The lowest BCUT2D eigenvalue weighted by Crippen LogP contribution is -2.27. The number of furan rings is 1. The summed E-state index contributed by atoms with van der Waals surface area (Å²) in [5.74, 6) is 0.723. The van der Waals surface area contributed by atoms with Crippen LogP contribution in [-0.2, 0) is 5.54 Å². The Morgan fingerprint density at radius 1 is 1.33 bits per heavy atom. The molecule has 2 N–H and O–H groups in total. The van der Waals surface area contributed by atoms with Crippen LogP contribution in [0, 0.1) is 0 Å². The van der Waals surface area contributed by atoms with E-state index in [1.165, 1.54) is 0 Å². The first-order chi connectivity index (χ1) is 7.00. The van der Waals surface area contributed by atoms with Gasteiger partial charge >= 0.3 is 0 Å². The van der Waals surface area contributed by atoms with Crippen LogP contribution < -0.4 is 5.73 Å². The maximum Gasteiger partial charge on any atom is 0.150 e. The second-order valence-corrected chi connectivity index (χ2v) is 4.25. The molecule has 0 radical (unpaired) electrons. The van der Waals surface area contributed by atoms with Crippen LogP contribution in [-0.4, -0.2) is 6.29 Å². The Labute approximate surface area is 87.9 Å². The summed E-state index contributed by atoms with van der Waals surface area (Å²) >= 11 is 0. The number of hydrogen-bond acceptors (Lipinski definition) is 3. The summed E-state index contributed by atoms with van der Waals surface area (Å²) in [6.07, 6.45) is 0.819. The second kappa shape index (κ2) is 3.21. The monoisotopic (exact) mass is 203 g/mol. The molecule has 0 amide bonds. The molecule has 1 heterocycles. The van der Waals surface area contributed by atoms with Crippen LogP contribution in [0.1, 0.15) is 30.0 Å². The van der Waals surface area contributed by atoms with Gasteiger partial charge in [0.05, 0.1) is 5.54 Å². The van der Waals surface area contributed by atoms with Gasteiger partial charge in [0.2, 0.25) is 0 Å². The standard InChI is InChI=1S/C12H13NO2/c1-12(2,13)11-6-9-5-8(7-14)3-4-10(9)15-11/h3-7H,13H2,1-2H3. The molecule has 15 heavy (non-hydrogen) atoms.